The summed E-state index contributed by atoms with van der Waals surface area (Å²) >= 11 is 5.74. The molecule has 27 heavy (non-hydrogen) atoms. The molecule has 0 aliphatic heterocycles. The minimum Gasteiger partial charge on any atom is -0.490 e. The third kappa shape index (κ3) is 5.72. The zero-order chi connectivity index (χ0) is 18.9. The van der Waals surface area contributed by atoms with Gasteiger partial charge in [-0.1, -0.05) is 48.0 Å². The largest absolute Gasteiger partial charge is 0.490 e. The predicted octanol–water partition coefficient (Wildman–Crippen LogP) is 4.55. The number of carbonyl (C=O) groups excluding carboxylic acids is 1. The minimum atomic E-state index is -0.468. The molecule has 3 rings (SSSR count). The van der Waals surface area contributed by atoms with Crippen molar-refractivity contribution in [2.24, 2.45) is 0 Å². The number of ether oxygens (including phenoxy) is 3. The summed E-state index contributed by atoms with van der Waals surface area (Å²) in [7, 11) is 0. The summed E-state index contributed by atoms with van der Waals surface area (Å²) < 4.78 is 16.6. The summed E-state index contributed by atoms with van der Waals surface area (Å²) in [5.41, 5.74) is 1.11. The molecule has 0 amide bonds. The van der Waals surface area contributed by atoms with E-state index >= 15 is 0 Å². The highest BCUT2D eigenvalue weighted by molar-refractivity contribution is 6.29. The van der Waals surface area contributed by atoms with Gasteiger partial charge in [0.1, 0.15) is 42.0 Å². The first-order valence-electron chi connectivity index (χ1n) is 8.39. The van der Waals surface area contributed by atoms with Crippen LogP contribution in [-0.2, 0) is 11.3 Å². The number of halogens is 1. The quantitative estimate of drug-likeness (QED) is 0.324. The number of hydrogen-bond acceptors (Lipinski definition) is 5. The van der Waals surface area contributed by atoms with E-state index in [4.69, 9.17) is 25.8 Å². The van der Waals surface area contributed by atoms with Gasteiger partial charge in [0.15, 0.2) is 0 Å². The van der Waals surface area contributed by atoms with E-state index < -0.39 is 5.97 Å². The highest BCUT2D eigenvalue weighted by Gasteiger charge is 2.14. The molecule has 3 aromatic rings. The van der Waals surface area contributed by atoms with Crippen molar-refractivity contribution in [3.8, 4) is 11.5 Å². The van der Waals surface area contributed by atoms with Crippen LogP contribution in [0.3, 0.4) is 0 Å². The molecule has 0 atom stereocenters. The van der Waals surface area contributed by atoms with Gasteiger partial charge in [-0.05, 0) is 30.3 Å². The molecule has 0 aliphatic carbocycles. The van der Waals surface area contributed by atoms with Gasteiger partial charge >= 0.3 is 5.97 Å². The maximum absolute atomic E-state index is 12.4. The average molecular weight is 384 g/mol. The molecular formula is C21H18ClNO4. The van der Waals surface area contributed by atoms with Crippen LogP contribution in [-0.4, -0.2) is 24.2 Å². The molecule has 1 aromatic heterocycles. The smallest absolute Gasteiger partial charge is 0.342 e. The van der Waals surface area contributed by atoms with Crippen LogP contribution >= 0.6 is 11.6 Å². The number of pyridine rings is 1. The van der Waals surface area contributed by atoms with Crippen molar-refractivity contribution in [2.75, 3.05) is 13.2 Å². The molecule has 0 N–H and O–H groups in total. The highest BCUT2D eigenvalue weighted by Crippen LogP contribution is 2.20. The molecule has 0 saturated carbocycles. The summed E-state index contributed by atoms with van der Waals surface area (Å²) in [6.07, 6.45) is 1.57. The van der Waals surface area contributed by atoms with Crippen molar-refractivity contribution in [3.63, 3.8) is 0 Å². The monoisotopic (exact) mass is 383 g/mol. The average Bonchev–Trinajstić information content (AvgIpc) is 2.71. The van der Waals surface area contributed by atoms with Gasteiger partial charge in [-0.15, -0.1) is 0 Å². The molecule has 0 saturated heterocycles. The van der Waals surface area contributed by atoms with E-state index in [1.807, 2.05) is 30.3 Å². The predicted molar refractivity (Wildman–Crippen MR) is 102 cm³/mol. The van der Waals surface area contributed by atoms with Crippen molar-refractivity contribution < 1.29 is 19.0 Å². The van der Waals surface area contributed by atoms with Crippen LogP contribution in [0.15, 0.2) is 72.9 Å². The van der Waals surface area contributed by atoms with Crippen molar-refractivity contribution in [1.82, 2.24) is 4.98 Å². The molecule has 6 heteroatoms. The number of nitrogens with zero attached hydrogens (tertiary/aromatic N) is 1. The summed E-state index contributed by atoms with van der Waals surface area (Å²) in [5, 5.41) is 0.390. The first-order valence-corrected chi connectivity index (χ1v) is 8.77. The Morgan fingerprint density at radius 2 is 1.63 bits per heavy atom. The standard InChI is InChI=1S/C21H18ClNO4/c22-20-11-10-16(14-23-20)15-27-21(24)18-8-4-5-9-19(18)26-13-12-25-17-6-2-1-3-7-17/h1-11,14H,12-13,15H2. The maximum Gasteiger partial charge on any atom is 0.342 e. The van der Waals surface area contributed by atoms with Crippen LogP contribution in [0.4, 0.5) is 0 Å². The number of benzene rings is 2. The van der Waals surface area contributed by atoms with Crippen LogP contribution in [0.25, 0.3) is 0 Å². The Labute approximate surface area is 162 Å². The van der Waals surface area contributed by atoms with Crippen LogP contribution in [0.5, 0.6) is 11.5 Å². The number of aromatic nitrogens is 1. The van der Waals surface area contributed by atoms with Gasteiger partial charge in [-0.2, -0.15) is 0 Å². The zero-order valence-corrected chi connectivity index (χ0v) is 15.3. The highest BCUT2D eigenvalue weighted by atomic mass is 35.5. The second kappa shape index (κ2) is 9.59. The Balaban J connectivity index is 1.53. The first-order chi connectivity index (χ1) is 13.2. The lowest BCUT2D eigenvalue weighted by molar-refractivity contribution is 0.0467. The SMILES string of the molecule is O=C(OCc1ccc(Cl)nc1)c1ccccc1OCCOc1ccccc1. The van der Waals surface area contributed by atoms with E-state index in [9.17, 15) is 4.79 Å². The van der Waals surface area contributed by atoms with Gasteiger partial charge in [0, 0.05) is 11.8 Å². The van der Waals surface area contributed by atoms with Gasteiger partial charge in [0.05, 0.1) is 0 Å². The number of rotatable bonds is 8. The topological polar surface area (TPSA) is 57.7 Å². The Bertz CT molecular complexity index is 869. The molecule has 2 aromatic carbocycles. The molecule has 0 unspecified atom stereocenters. The fraction of sp³-hybridized carbons (Fsp3) is 0.143. The van der Waals surface area contributed by atoms with Gasteiger partial charge in [0.2, 0.25) is 0 Å². The first kappa shape index (κ1) is 18.7. The van der Waals surface area contributed by atoms with E-state index in [1.54, 1.807) is 42.6 Å². The van der Waals surface area contributed by atoms with Gasteiger partial charge in [-0.3, -0.25) is 0 Å². The summed E-state index contributed by atoms with van der Waals surface area (Å²) in [6, 6.07) is 19.8. The Morgan fingerprint density at radius 3 is 2.41 bits per heavy atom. The minimum absolute atomic E-state index is 0.106. The lowest BCUT2D eigenvalue weighted by Gasteiger charge is -2.12. The third-order valence-corrected chi connectivity index (χ3v) is 3.84. The molecule has 5 nitrogen and oxygen atoms in total. The lowest BCUT2D eigenvalue weighted by Crippen LogP contribution is -2.12. The second-order valence-corrected chi connectivity index (χ2v) is 5.96. The Morgan fingerprint density at radius 1 is 0.889 bits per heavy atom. The van der Waals surface area contributed by atoms with E-state index in [1.165, 1.54) is 0 Å². The molecule has 1 heterocycles. The van der Waals surface area contributed by atoms with Crippen molar-refractivity contribution in [2.45, 2.75) is 6.61 Å². The Hall–Kier alpha value is -3.05. The van der Waals surface area contributed by atoms with Crippen molar-refractivity contribution in [1.29, 1.82) is 0 Å². The Kier molecular flexibility index (Phi) is 6.66. The summed E-state index contributed by atoms with van der Waals surface area (Å²) in [5.74, 6) is 0.753. The molecule has 0 fully saturated rings. The molecule has 0 radical (unpaired) electrons. The van der Waals surface area contributed by atoms with Crippen LogP contribution in [0.1, 0.15) is 15.9 Å². The molecule has 0 aliphatic rings. The molecule has 138 valence electrons. The second-order valence-electron chi connectivity index (χ2n) is 5.57. The van der Waals surface area contributed by atoms with E-state index in [0.717, 1.165) is 11.3 Å². The molecular weight excluding hydrogens is 366 g/mol. The van der Waals surface area contributed by atoms with Crippen molar-refractivity contribution in [3.05, 3.63) is 89.2 Å². The van der Waals surface area contributed by atoms with Crippen LogP contribution in [0.2, 0.25) is 5.15 Å². The molecule has 0 spiro atoms. The number of para-hydroxylation sites is 2. The number of carbonyl (C=O) groups is 1. The van der Waals surface area contributed by atoms with Crippen LogP contribution < -0.4 is 9.47 Å². The summed E-state index contributed by atoms with van der Waals surface area (Å²) in [4.78, 5) is 16.3. The maximum atomic E-state index is 12.4. The number of esters is 1. The zero-order valence-electron chi connectivity index (χ0n) is 14.5. The van der Waals surface area contributed by atoms with E-state index in [-0.39, 0.29) is 6.61 Å². The lowest BCUT2D eigenvalue weighted by atomic mass is 10.2. The number of hydrogen-bond donors (Lipinski definition) is 0. The van der Waals surface area contributed by atoms with Gasteiger partial charge < -0.3 is 14.2 Å². The van der Waals surface area contributed by atoms with Crippen molar-refractivity contribution >= 4 is 17.6 Å². The van der Waals surface area contributed by atoms with E-state index in [0.29, 0.717) is 29.7 Å². The fourth-order valence-electron chi connectivity index (χ4n) is 2.31. The summed E-state index contributed by atoms with van der Waals surface area (Å²) in [6.45, 7) is 0.776. The third-order valence-electron chi connectivity index (χ3n) is 3.62. The fourth-order valence-corrected chi connectivity index (χ4v) is 2.42. The normalized spacial score (nSPS) is 10.3. The van der Waals surface area contributed by atoms with Gasteiger partial charge in [0.25, 0.3) is 0 Å². The van der Waals surface area contributed by atoms with E-state index in [2.05, 4.69) is 4.98 Å². The van der Waals surface area contributed by atoms with Gasteiger partial charge in [-0.25, -0.2) is 9.78 Å². The molecule has 0 bridgehead atoms. The van der Waals surface area contributed by atoms with Crippen LogP contribution in [0, 0.1) is 0 Å².